The van der Waals surface area contributed by atoms with Crippen molar-refractivity contribution in [3.8, 4) is 5.88 Å². The number of nitrogens with one attached hydrogen (secondary N) is 1. The second-order valence-electron chi connectivity index (χ2n) is 7.06. The number of benzene rings is 1. The molecule has 2 aromatic rings. The number of aliphatic imine (C=N–C) groups is 1. The van der Waals surface area contributed by atoms with Crippen LogP contribution in [0, 0.1) is 0 Å². The van der Waals surface area contributed by atoms with Crippen LogP contribution in [-0.2, 0) is 4.79 Å². The van der Waals surface area contributed by atoms with Gasteiger partial charge < -0.3 is 10.1 Å². The zero-order chi connectivity index (χ0) is 20.9. The summed E-state index contributed by atoms with van der Waals surface area (Å²) in [5, 5.41) is 19.3. The number of carbonyl (C=O) groups excluding carboxylic acids is 2. The fourth-order valence-electron chi connectivity index (χ4n) is 3.43. The molecule has 0 aliphatic carbocycles. The molecule has 1 saturated heterocycles. The number of hydrogen-bond donors (Lipinski definition) is 2. The van der Waals surface area contributed by atoms with Gasteiger partial charge in [0, 0.05) is 24.6 Å². The van der Waals surface area contributed by atoms with Crippen LogP contribution in [0.15, 0.2) is 51.6 Å². The fraction of sp³-hybridized carbons (Fsp3) is 0.263. The number of fused-ring (bicyclic) bond motifs is 2. The molecule has 1 atom stereocenters. The molecule has 10 nitrogen and oxygen atoms in total. The molecule has 0 radical (unpaired) electrons. The predicted molar refractivity (Wildman–Crippen MR) is 107 cm³/mol. The fourth-order valence-corrected chi connectivity index (χ4v) is 3.43. The number of guanidine groups is 1. The van der Waals surface area contributed by atoms with E-state index in [1.54, 1.807) is 11.6 Å². The highest BCUT2D eigenvalue weighted by Gasteiger charge is 2.51. The predicted octanol–water partition coefficient (Wildman–Crippen LogP) is 2.21. The van der Waals surface area contributed by atoms with Gasteiger partial charge in [-0.3, -0.25) is 14.6 Å². The molecule has 1 fully saturated rings. The van der Waals surface area contributed by atoms with Crippen molar-refractivity contribution in [1.29, 1.82) is 0 Å². The Labute approximate surface area is 166 Å². The lowest BCUT2D eigenvalue weighted by Gasteiger charge is -2.31. The van der Waals surface area contributed by atoms with Crippen LogP contribution in [0.3, 0.4) is 0 Å². The van der Waals surface area contributed by atoms with Gasteiger partial charge in [0.25, 0.3) is 5.91 Å². The first kappa shape index (κ1) is 18.5. The Morgan fingerprint density at radius 3 is 2.72 bits per heavy atom. The summed E-state index contributed by atoms with van der Waals surface area (Å²) < 4.78 is 1.65. The summed E-state index contributed by atoms with van der Waals surface area (Å²) in [6.45, 7) is 6.04. The highest BCUT2D eigenvalue weighted by Crippen LogP contribution is 2.35. The molecule has 1 aromatic carbocycles. The van der Waals surface area contributed by atoms with Crippen molar-refractivity contribution >= 4 is 40.3 Å². The lowest BCUT2D eigenvalue weighted by Crippen LogP contribution is -2.61. The van der Waals surface area contributed by atoms with Crippen LogP contribution in [-0.4, -0.2) is 74.9 Å². The molecule has 29 heavy (non-hydrogen) atoms. The third kappa shape index (κ3) is 2.89. The van der Waals surface area contributed by atoms with Crippen molar-refractivity contribution in [2.75, 3.05) is 20.6 Å². The largest absolute Gasteiger partial charge is 0.493 e. The van der Waals surface area contributed by atoms with Crippen molar-refractivity contribution in [1.82, 2.24) is 14.8 Å². The van der Waals surface area contributed by atoms with Crippen LogP contribution >= 0.6 is 0 Å². The Balaban J connectivity index is 1.80. The molecule has 1 unspecified atom stereocenters. The second kappa shape index (κ2) is 6.66. The summed E-state index contributed by atoms with van der Waals surface area (Å²) in [5.74, 6) is -0.0566. The van der Waals surface area contributed by atoms with Crippen LogP contribution in [0.25, 0.3) is 10.9 Å². The summed E-state index contributed by atoms with van der Waals surface area (Å²) >= 11 is 0. The molecule has 2 aliphatic rings. The zero-order valence-electron chi connectivity index (χ0n) is 16.2. The molecule has 2 aliphatic heterocycles. The van der Waals surface area contributed by atoms with Crippen molar-refractivity contribution in [3.63, 3.8) is 0 Å². The van der Waals surface area contributed by atoms with Gasteiger partial charge in [0.2, 0.25) is 17.8 Å². The summed E-state index contributed by atoms with van der Waals surface area (Å²) in [7, 11) is 2.99. The lowest BCUT2D eigenvalue weighted by atomic mass is 10.1. The van der Waals surface area contributed by atoms with Crippen LogP contribution < -0.4 is 0 Å². The van der Waals surface area contributed by atoms with Gasteiger partial charge in [-0.15, -0.1) is 0 Å². The second-order valence-corrected chi connectivity index (χ2v) is 7.06. The zero-order valence-corrected chi connectivity index (χ0v) is 16.2. The van der Waals surface area contributed by atoms with Gasteiger partial charge in [-0.25, -0.2) is 9.37 Å². The minimum absolute atomic E-state index is 0.117. The van der Waals surface area contributed by atoms with Gasteiger partial charge >= 0.3 is 12.0 Å². The number of urea groups is 1. The van der Waals surface area contributed by atoms with E-state index in [1.807, 2.05) is 31.2 Å². The number of amidine groups is 1. The number of hydrogen-bond acceptors (Lipinski definition) is 6. The number of imide groups is 1. The Morgan fingerprint density at radius 1 is 1.28 bits per heavy atom. The minimum Gasteiger partial charge on any atom is -0.493 e. The lowest BCUT2D eigenvalue weighted by molar-refractivity contribution is -0.528. The van der Waals surface area contributed by atoms with E-state index in [4.69, 9.17) is 0 Å². The van der Waals surface area contributed by atoms with E-state index < -0.39 is 18.0 Å². The van der Waals surface area contributed by atoms with Crippen molar-refractivity contribution in [3.05, 3.63) is 36.4 Å². The average Bonchev–Trinajstić information content (AvgIpc) is 3.19. The Kier molecular flexibility index (Phi) is 4.26. The van der Waals surface area contributed by atoms with Crippen LogP contribution in [0.2, 0.25) is 0 Å². The van der Waals surface area contributed by atoms with Gasteiger partial charge in [-0.05, 0) is 23.6 Å². The molecule has 148 valence electrons. The van der Waals surface area contributed by atoms with Crippen LogP contribution in [0.1, 0.15) is 6.92 Å². The maximum Gasteiger partial charge on any atom is 0.454 e. The van der Waals surface area contributed by atoms with E-state index in [1.165, 1.54) is 11.9 Å². The third-order valence-electron chi connectivity index (χ3n) is 4.85. The van der Waals surface area contributed by atoms with E-state index in [2.05, 4.69) is 26.8 Å². The number of para-hydroxylation sites is 1. The van der Waals surface area contributed by atoms with Gasteiger partial charge in [-0.2, -0.15) is 0 Å². The number of H-pyrrole nitrogens is 1. The Bertz CT molecular complexity index is 1160. The number of nitrogens with zero attached hydrogens (tertiary/aromatic N) is 6. The maximum atomic E-state index is 12.8. The first-order valence-corrected chi connectivity index (χ1v) is 8.92. The number of aromatic amines is 1. The molecule has 1 aromatic heterocycles. The number of amides is 3. The van der Waals surface area contributed by atoms with E-state index in [9.17, 15) is 14.7 Å². The summed E-state index contributed by atoms with van der Waals surface area (Å²) in [4.78, 5) is 34.6. The monoisotopic (exact) mass is 394 g/mol. The molecule has 0 bridgehead atoms. The summed E-state index contributed by atoms with van der Waals surface area (Å²) in [6, 6.07) is 6.03. The average molecular weight is 394 g/mol. The molecule has 0 saturated carbocycles. The quantitative estimate of drug-likeness (QED) is 0.472. The molecule has 0 spiro atoms. The molecular weight excluding hydrogens is 374 g/mol. The number of aromatic hydroxyl groups is 1. The smallest absolute Gasteiger partial charge is 0.454 e. The van der Waals surface area contributed by atoms with E-state index in [-0.39, 0.29) is 23.4 Å². The van der Waals surface area contributed by atoms with Gasteiger partial charge in [0.15, 0.2) is 5.69 Å². The molecule has 10 heteroatoms. The van der Waals surface area contributed by atoms with E-state index >= 15 is 0 Å². The number of rotatable bonds is 3. The van der Waals surface area contributed by atoms with Crippen molar-refractivity contribution in [2.24, 2.45) is 15.2 Å². The van der Waals surface area contributed by atoms with Crippen LogP contribution in [0.5, 0.6) is 5.88 Å². The van der Waals surface area contributed by atoms with E-state index in [0.29, 0.717) is 11.9 Å². The van der Waals surface area contributed by atoms with Gasteiger partial charge in [0.05, 0.1) is 12.1 Å². The van der Waals surface area contributed by atoms with Crippen molar-refractivity contribution < 1.29 is 19.3 Å². The molecular formula is C19H20N7O3+. The van der Waals surface area contributed by atoms with Crippen LogP contribution in [0.4, 0.5) is 10.5 Å². The highest BCUT2D eigenvalue weighted by molar-refractivity contribution is 6.22. The Morgan fingerprint density at radius 2 is 2.00 bits per heavy atom. The summed E-state index contributed by atoms with van der Waals surface area (Å²) in [6.07, 6.45) is 0. The summed E-state index contributed by atoms with van der Waals surface area (Å²) in [5.41, 5.74) is 1.78. The molecule has 3 heterocycles. The molecule has 4 rings (SSSR count). The number of likely N-dealkylation sites (N-methyl/N-ethyl adjacent to an activating group) is 2. The number of carbonyl (C=O) groups is 2. The van der Waals surface area contributed by atoms with Crippen molar-refractivity contribution in [2.45, 2.75) is 13.0 Å². The highest BCUT2D eigenvalue weighted by atomic mass is 16.3. The third-order valence-corrected chi connectivity index (χ3v) is 4.85. The van der Waals surface area contributed by atoms with E-state index in [0.717, 1.165) is 16.0 Å². The van der Waals surface area contributed by atoms with Gasteiger partial charge in [-0.1, -0.05) is 29.9 Å². The Hall–Kier alpha value is -3.82. The first-order chi connectivity index (χ1) is 13.8. The van der Waals surface area contributed by atoms with Gasteiger partial charge in [0.1, 0.15) is 0 Å². The molecule has 2 N–H and O–H groups in total. The maximum absolute atomic E-state index is 12.8. The normalized spacial score (nSPS) is 19.6. The SMILES string of the molecule is C=C(C)C[N+]1=C(N=Nc2c(O)[nH]c3ccccc23)N=C2C1C(=O)N(C)C(=O)N2C. The molecule has 3 amide bonds. The topological polar surface area (TPSA) is 117 Å². The first-order valence-electron chi connectivity index (χ1n) is 8.92. The number of azo groups is 1. The minimum atomic E-state index is -0.787. The number of aromatic nitrogens is 1. The standard InChI is InChI=1S/C19H19N7O3/c1-10(2)9-26-14-15(24(3)19(29)25(4)17(14)28)21-18(26)23-22-13-11-7-5-6-8-12(11)20-16(13)27/h5-8,14H,1,9H2,2-4H3,(H,20,22,27)/p+1.